The van der Waals surface area contributed by atoms with Gasteiger partial charge in [-0.25, -0.2) is 4.39 Å². The molecule has 1 heterocycles. The quantitative estimate of drug-likeness (QED) is 0.887. The van der Waals surface area contributed by atoms with Crippen molar-refractivity contribution in [1.29, 1.82) is 0 Å². The van der Waals surface area contributed by atoms with Gasteiger partial charge in [0.15, 0.2) is 0 Å². The maximum Gasteiger partial charge on any atom is 0.126 e. The van der Waals surface area contributed by atoms with Crippen molar-refractivity contribution >= 4 is 0 Å². The highest BCUT2D eigenvalue weighted by atomic mass is 19.1. The lowest BCUT2D eigenvalue weighted by Gasteiger charge is -2.32. The van der Waals surface area contributed by atoms with E-state index >= 15 is 0 Å². The number of hydrogen-bond donors (Lipinski definition) is 1. The summed E-state index contributed by atoms with van der Waals surface area (Å²) < 4.78 is 19.5. The lowest BCUT2D eigenvalue weighted by molar-refractivity contribution is -0.0277. The maximum atomic E-state index is 13.6. The van der Waals surface area contributed by atoms with Gasteiger partial charge in [-0.15, -0.1) is 0 Å². The van der Waals surface area contributed by atoms with Crippen LogP contribution in [0.4, 0.5) is 4.39 Å². The summed E-state index contributed by atoms with van der Waals surface area (Å²) in [5.74, 6) is 0.310. The SMILES string of the molecule is CCNCC1CCCOC1c1ccc(C)c(F)c1. The molecule has 2 nitrogen and oxygen atoms in total. The summed E-state index contributed by atoms with van der Waals surface area (Å²) in [4.78, 5) is 0. The van der Waals surface area contributed by atoms with E-state index in [4.69, 9.17) is 4.74 Å². The molecule has 1 fully saturated rings. The highest BCUT2D eigenvalue weighted by molar-refractivity contribution is 5.25. The Balaban J connectivity index is 2.14. The van der Waals surface area contributed by atoms with E-state index in [1.54, 1.807) is 13.0 Å². The van der Waals surface area contributed by atoms with Crippen molar-refractivity contribution < 1.29 is 9.13 Å². The Bertz CT molecular complexity index is 394. The third kappa shape index (κ3) is 3.09. The molecule has 2 unspecified atom stereocenters. The number of aryl methyl sites for hydroxylation is 1. The molecule has 0 aromatic heterocycles. The molecule has 0 aliphatic carbocycles. The Morgan fingerprint density at radius 3 is 3.00 bits per heavy atom. The van der Waals surface area contributed by atoms with Crippen LogP contribution in [0.1, 0.15) is 37.0 Å². The number of ether oxygens (including phenoxy) is 1. The third-order valence-corrected chi connectivity index (χ3v) is 3.63. The van der Waals surface area contributed by atoms with Gasteiger partial charge in [0.1, 0.15) is 5.82 Å². The monoisotopic (exact) mass is 251 g/mol. The van der Waals surface area contributed by atoms with E-state index in [1.807, 2.05) is 12.1 Å². The van der Waals surface area contributed by atoms with Crippen LogP contribution in [0.5, 0.6) is 0 Å². The lowest BCUT2D eigenvalue weighted by atomic mass is 9.89. The molecule has 0 amide bonds. The van der Waals surface area contributed by atoms with Crippen LogP contribution < -0.4 is 5.32 Å². The molecule has 1 aliphatic heterocycles. The molecule has 0 spiro atoms. The summed E-state index contributed by atoms with van der Waals surface area (Å²) in [5.41, 5.74) is 1.67. The molecule has 3 heteroatoms. The third-order valence-electron chi connectivity index (χ3n) is 3.63. The van der Waals surface area contributed by atoms with Gasteiger partial charge >= 0.3 is 0 Å². The number of benzene rings is 1. The molecule has 1 aliphatic rings. The van der Waals surface area contributed by atoms with Gasteiger partial charge in [0.2, 0.25) is 0 Å². The summed E-state index contributed by atoms with van der Waals surface area (Å²) >= 11 is 0. The summed E-state index contributed by atoms with van der Waals surface area (Å²) in [6.07, 6.45) is 2.28. The van der Waals surface area contributed by atoms with Crippen LogP contribution in [0.25, 0.3) is 0 Å². The van der Waals surface area contributed by atoms with E-state index in [1.165, 1.54) is 0 Å². The Hall–Kier alpha value is -0.930. The second-order valence-corrected chi connectivity index (χ2v) is 5.01. The van der Waals surface area contributed by atoms with Crippen molar-refractivity contribution in [2.75, 3.05) is 19.7 Å². The predicted octanol–water partition coefficient (Wildman–Crippen LogP) is 3.21. The number of halogens is 1. The fraction of sp³-hybridized carbons (Fsp3) is 0.600. The van der Waals surface area contributed by atoms with Gasteiger partial charge < -0.3 is 10.1 Å². The molecule has 100 valence electrons. The van der Waals surface area contributed by atoms with E-state index in [2.05, 4.69) is 12.2 Å². The first kappa shape index (κ1) is 13.5. The van der Waals surface area contributed by atoms with E-state index in [9.17, 15) is 4.39 Å². The minimum atomic E-state index is -0.135. The first-order chi connectivity index (χ1) is 8.72. The minimum Gasteiger partial charge on any atom is -0.373 e. The summed E-state index contributed by atoms with van der Waals surface area (Å²) in [7, 11) is 0. The van der Waals surface area contributed by atoms with Crippen LogP contribution in [0.3, 0.4) is 0 Å². The molecule has 1 N–H and O–H groups in total. The Kier molecular flexibility index (Phi) is 4.72. The highest BCUT2D eigenvalue weighted by Gasteiger charge is 2.27. The Labute approximate surface area is 109 Å². The average molecular weight is 251 g/mol. The van der Waals surface area contributed by atoms with Crippen molar-refractivity contribution in [3.8, 4) is 0 Å². The fourth-order valence-electron chi connectivity index (χ4n) is 2.54. The Morgan fingerprint density at radius 1 is 1.44 bits per heavy atom. The van der Waals surface area contributed by atoms with Crippen molar-refractivity contribution in [2.24, 2.45) is 5.92 Å². The number of nitrogens with one attached hydrogen (secondary N) is 1. The largest absolute Gasteiger partial charge is 0.373 e. The first-order valence-electron chi connectivity index (χ1n) is 6.80. The van der Waals surface area contributed by atoms with Crippen LogP contribution in [-0.2, 0) is 4.74 Å². The predicted molar refractivity (Wildman–Crippen MR) is 71.1 cm³/mol. The van der Waals surface area contributed by atoms with Crippen LogP contribution in [0, 0.1) is 18.7 Å². The molecule has 1 saturated heterocycles. The van der Waals surface area contributed by atoms with Gasteiger partial charge in [-0.1, -0.05) is 19.1 Å². The molecule has 0 saturated carbocycles. The van der Waals surface area contributed by atoms with Crippen molar-refractivity contribution in [2.45, 2.75) is 32.8 Å². The second kappa shape index (κ2) is 6.30. The summed E-state index contributed by atoms with van der Waals surface area (Å²) in [5, 5.41) is 3.37. The number of hydrogen-bond acceptors (Lipinski definition) is 2. The second-order valence-electron chi connectivity index (χ2n) is 5.01. The summed E-state index contributed by atoms with van der Waals surface area (Å²) in [6, 6.07) is 5.46. The van der Waals surface area contributed by atoms with Crippen LogP contribution >= 0.6 is 0 Å². The minimum absolute atomic E-state index is 0.0351. The smallest absolute Gasteiger partial charge is 0.126 e. The zero-order valence-electron chi connectivity index (χ0n) is 11.2. The molecular formula is C15H22FNO. The van der Waals surface area contributed by atoms with Gasteiger partial charge in [0.25, 0.3) is 0 Å². The molecule has 1 aromatic rings. The van der Waals surface area contributed by atoms with Crippen molar-refractivity contribution in [3.63, 3.8) is 0 Å². The van der Waals surface area contributed by atoms with E-state index in [-0.39, 0.29) is 11.9 Å². The highest BCUT2D eigenvalue weighted by Crippen LogP contribution is 2.33. The van der Waals surface area contributed by atoms with Crippen LogP contribution in [0.2, 0.25) is 0 Å². The van der Waals surface area contributed by atoms with E-state index < -0.39 is 0 Å². The van der Waals surface area contributed by atoms with Gasteiger partial charge in [-0.2, -0.15) is 0 Å². The number of rotatable bonds is 4. The Morgan fingerprint density at radius 2 is 2.28 bits per heavy atom. The standard InChI is InChI=1S/C15H22FNO/c1-3-17-10-13-5-4-8-18-15(13)12-7-6-11(2)14(16)9-12/h6-7,9,13,15,17H,3-5,8,10H2,1-2H3. The van der Waals surface area contributed by atoms with Crippen LogP contribution in [-0.4, -0.2) is 19.7 Å². The van der Waals surface area contributed by atoms with Gasteiger partial charge in [-0.3, -0.25) is 0 Å². The van der Waals surface area contributed by atoms with Gasteiger partial charge in [0.05, 0.1) is 6.10 Å². The lowest BCUT2D eigenvalue weighted by Crippen LogP contribution is -2.31. The molecule has 0 bridgehead atoms. The molecule has 18 heavy (non-hydrogen) atoms. The van der Waals surface area contributed by atoms with Crippen molar-refractivity contribution in [1.82, 2.24) is 5.32 Å². The average Bonchev–Trinajstić information content (AvgIpc) is 2.40. The maximum absolute atomic E-state index is 13.6. The molecular weight excluding hydrogens is 229 g/mol. The summed E-state index contributed by atoms with van der Waals surface area (Å²) in [6.45, 7) is 6.58. The molecule has 2 rings (SSSR count). The van der Waals surface area contributed by atoms with Crippen molar-refractivity contribution in [3.05, 3.63) is 35.1 Å². The zero-order valence-corrected chi connectivity index (χ0v) is 11.2. The van der Waals surface area contributed by atoms with E-state index in [0.717, 1.165) is 38.1 Å². The normalized spacial score (nSPS) is 24.2. The van der Waals surface area contributed by atoms with Gasteiger partial charge in [-0.05, 0) is 43.5 Å². The molecule has 2 atom stereocenters. The van der Waals surface area contributed by atoms with Crippen LogP contribution in [0.15, 0.2) is 18.2 Å². The van der Waals surface area contributed by atoms with Gasteiger partial charge in [0, 0.05) is 19.1 Å². The molecule has 1 aromatic carbocycles. The first-order valence-corrected chi connectivity index (χ1v) is 6.80. The fourth-order valence-corrected chi connectivity index (χ4v) is 2.54. The topological polar surface area (TPSA) is 21.3 Å². The van der Waals surface area contributed by atoms with E-state index in [0.29, 0.717) is 11.5 Å². The zero-order chi connectivity index (χ0) is 13.0. The molecule has 0 radical (unpaired) electrons.